The van der Waals surface area contributed by atoms with Crippen molar-refractivity contribution < 1.29 is 26.5 Å². The molecule has 2 rings (SSSR count). The van der Waals surface area contributed by atoms with Crippen molar-refractivity contribution in [1.82, 2.24) is 4.90 Å². The van der Waals surface area contributed by atoms with Crippen LogP contribution in [-0.4, -0.2) is 42.8 Å². The Bertz CT molecular complexity index is 697. The molecular weight excluding hydrogens is 325 g/mol. The first-order valence-electron chi connectivity index (χ1n) is 6.25. The molecule has 1 aromatic rings. The summed E-state index contributed by atoms with van der Waals surface area (Å²) >= 11 is 0. The van der Waals surface area contributed by atoms with Crippen molar-refractivity contribution in [2.45, 2.75) is 18.0 Å². The van der Waals surface area contributed by atoms with Crippen LogP contribution in [0.25, 0.3) is 0 Å². The molecule has 0 unspecified atom stereocenters. The molecule has 0 radical (unpaired) electrons. The van der Waals surface area contributed by atoms with Crippen molar-refractivity contribution in [3.63, 3.8) is 0 Å². The lowest BCUT2D eigenvalue weighted by molar-refractivity contribution is -0.386. The highest BCUT2D eigenvalue weighted by Crippen LogP contribution is 2.37. The van der Waals surface area contributed by atoms with Crippen molar-refractivity contribution in [3.8, 4) is 0 Å². The molecular formula is C12H13F3N2O4S. The lowest BCUT2D eigenvalue weighted by Crippen LogP contribution is -2.53. The van der Waals surface area contributed by atoms with Gasteiger partial charge in [0.25, 0.3) is 5.69 Å². The third-order valence-electron chi connectivity index (χ3n) is 3.56. The zero-order chi connectivity index (χ0) is 16.7. The predicted molar refractivity (Wildman–Crippen MR) is 72.0 cm³/mol. The van der Waals surface area contributed by atoms with Crippen molar-refractivity contribution in [3.05, 3.63) is 39.4 Å². The van der Waals surface area contributed by atoms with Gasteiger partial charge in [0.05, 0.1) is 21.3 Å². The third-order valence-corrected chi connectivity index (χ3v) is 5.07. The molecule has 0 bridgehead atoms. The third kappa shape index (κ3) is 3.38. The molecule has 0 saturated carbocycles. The van der Waals surface area contributed by atoms with E-state index in [1.807, 2.05) is 0 Å². The normalized spacial score (nSPS) is 17.3. The minimum Gasteiger partial charge on any atom is -0.296 e. The van der Waals surface area contributed by atoms with Crippen LogP contribution in [0.1, 0.15) is 11.1 Å². The van der Waals surface area contributed by atoms with E-state index in [0.29, 0.717) is 0 Å². The van der Waals surface area contributed by atoms with Gasteiger partial charge in [-0.15, -0.1) is 0 Å². The molecule has 0 aromatic heterocycles. The molecule has 6 nitrogen and oxygen atoms in total. The fourth-order valence-electron chi connectivity index (χ4n) is 2.32. The summed E-state index contributed by atoms with van der Waals surface area (Å²) in [6, 6.07) is 2.79. The highest BCUT2D eigenvalue weighted by Gasteiger charge is 2.40. The van der Waals surface area contributed by atoms with Gasteiger partial charge in [-0.2, -0.15) is 13.2 Å². The van der Waals surface area contributed by atoms with Gasteiger partial charge in [-0.05, 0) is 6.07 Å². The maximum Gasteiger partial charge on any atom is 0.416 e. The monoisotopic (exact) mass is 338 g/mol. The fraction of sp³-hybridized carbons (Fsp3) is 0.500. The SMILES string of the molecule is CS(=O)(=O)C1CN(Cc2c([N+](=O)[O-])cccc2C(F)(F)F)C1. The Hall–Kier alpha value is -1.68. The van der Waals surface area contributed by atoms with E-state index in [-0.39, 0.29) is 19.6 Å². The molecule has 0 aliphatic carbocycles. The number of hydrogen-bond acceptors (Lipinski definition) is 5. The molecule has 0 amide bonds. The zero-order valence-electron chi connectivity index (χ0n) is 11.5. The van der Waals surface area contributed by atoms with Gasteiger partial charge < -0.3 is 0 Å². The maximum absolute atomic E-state index is 13.0. The van der Waals surface area contributed by atoms with Crippen LogP contribution in [0, 0.1) is 10.1 Å². The van der Waals surface area contributed by atoms with E-state index in [0.717, 1.165) is 24.5 Å². The van der Waals surface area contributed by atoms with Gasteiger partial charge in [0.2, 0.25) is 0 Å². The standard InChI is InChI=1S/C12H13F3N2O4S/c1-22(20,21)8-5-16(6-8)7-9-10(12(13,14)15)3-2-4-11(9)17(18)19/h2-4,8H,5-7H2,1H3. The molecule has 1 heterocycles. The van der Waals surface area contributed by atoms with Gasteiger partial charge in [0.1, 0.15) is 0 Å². The lowest BCUT2D eigenvalue weighted by atomic mass is 10.0. The number of halogens is 3. The first kappa shape index (κ1) is 16.7. The fourth-order valence-corrected chi connectivity index (χ4v) is 3.29. The Morgan fingerprint density at radius 2 is 1.95 bits per heavy atom. The van der Waals surface area contributed by atoms with Crippen LogP contribution in [0.4, 0.5) is 18.9 Å². The Kier molecular flexibility index (Phi) is 4.18. The Balaban J connectivity index is 2.29. The summed E-state index contributed by atoms with van der Waals surface area (Å²) in [4.78, 5) is 11.5. The maximum atomic E-state index is 13.0. The summed E-state index contributed by atoms with van der Waals surface area (Å²) in [7, 11) is -3.25. The van der Waals surface area contributed by atoms with Crippen molar-refractivity contribution in [1.29, 1.82) is 0 Å². The van der Waals surface area contributed by atoms with Crippen LogP contribution in [0.2, 0.25) is 0 Å². The second-order valence-electron chi connectivity index (χ2n) is 5.20. The lowest BCUT2D eigenvalue weighted by Gasteiger charge is -2.38. The van der Waals surface area contributed by atoms with Crippen molar-refractivity contribution in [2.75, 3.05) is 19.3 Å². The van der Waals surface area contributed by atoms with Crippen LogP contribution in [-0.2, 0) is 22.6 Å². The van der Waals surface area contributed by atoms with Gasteiger partial charge >= 0.3 is 6.18 Å². The molecule has 1 aliphatic heterocycles. The summed E-state index contributed by atoms with van der Waals surface area (Å²) in [5, 5.41) is 10.3. The van der Waals surface area contributed by atoms with Crippen LogP contribution in [0.5, 0.6) is 0 Å². The molecule has 10 heteroatoms. The summed E-state index contributed by atoms with van der Waals surface area (Å²) < 4.78 is 61.6. The number of nitro groups is 1. The number of rotatable bonds is 4. The number of alkyl halides is 3. The molecule has 1 fully saturated rings. The van der Waals surface area contributed by atoms with Crippen LogP contribution < -0.4 is 0 Å². The molecule has 1 saturated heterocycles. The second kappa shape index (κ2) is 5.51. The van der Waals surface area contributed by atoms with E-state index in [9.17, 15) is 31.7 Å². The highest BCUT2D eigenvalue weighted by atomic mass is 32.2. The molecule has 0 N–H and O–H groups in total. The minimum atomic E-state index is -4.71. The number of nitro benzene ring substituents is 1. The molecule has 1 aliphatic rings. The summed E-state index contributed by atoms with van der Waals surface area (Å²) in [5.41, 5.74) is -2.12. The van der Waals surface area contributed by atoms with E-state index < -0.39 is 43.0 Å². The zero-order valence-corrected chi connectivity index (χ0v) is 12.3. The van der Waals surface area contributed by atoms with Gasteiger partial charge in [0, 0.05) is 32.0 Å². The first-order valence-corrected chi connectivity index (χ1v) is 8.20. The highest BCUT2D eigenvalue weighted by molar-refractivity contribution is 7.91. The molecule has 0 spiro atoms. The molecule has 0 atom stereocenters. The molecule has 122 valence electrons. The average molecular weight is 338 g/mol. The van der Waals surface area contributed by atoms with E-state index in [1.165, 1.54) is 4.90 Å². The number of hydrogen-bond donors (Lipinski definition) is 0. The number of benzene rings is 1. The summed E-state index contributed by atoms with van der Waals surface area (Å²) in [6.45, 7) is -0.164. The number of nitrogens with zero attached hydrogens (tertiary/aromatic N) is 2. The van der Waals surface area contributed by atoms with E-state index in [4.69, 9.17) is 0 Å². The topological polar surface area (TPSA) is 80.5 Å². The second-order valence-corrected chi connectivity index (χ2v) is 7.53. The first-order chi connectivity index (χ1) is 10.00. The average Bonchev–Trinajstić information content (AvgIpc) is 2.29. The Labute approximate surface area is 124 Å². The largest absolute Gasteiger partial charge is 0.416 e. The van der Waals surface area contributed by atoms with Gasteiger partial charge in [0.15, 0.2) is 9.84 Å². The molecule has 22 heavy (non-hydrogen) atoms. The smallest absolute Gasteiger partial charge is 0.296 e. The van der Waals surface area contributed by atoms with Crippen LogP contribution in [0.3, 0.4) is 0 Å². The quantitative estimate of drug-likeness (QED) is 0.618. The van der Waals surface area contributed by atoms with Crippen molar-refractivity contribution >= 4 is 15.5 Å². The van der Waals surface area contributed by atoms with E-state index in [1.54, 1.807) is 0 Å². The predicted octanol–water partition coefficient (Wildman–Crippen LogP) is 1.84. The summed E-state index contributed by atoms with van der Waals surface area (Å²) in [5.74, 6) is 0. The van der Waals surface area contributed by atoms with E-state index in [2.05, 4.69) is 0 Å². The van der Waals surface area contributed by atoms with Gasteiger partial charge in [-0.25, -0.2) is 8.42 Å². The Morgan fingerprint density at radius 1 is 1.36 bits per heavy atom. The summed E-state index contributed by atoms with van der Waals surface area (Å²) in [6.07, 6.45) is -3.65. The number of likely N-dealkylation sites (tertiary alicyclic amines) is 1. The Morgan fingerprint density at radius 3 is 2.41 bits per heavy atom. The molecule has 1 aromatic carbocycles. The van der Waals surface area contributed by atoms with Gasteiger partial charge in [-0.3, -0.25) is 15.0 Å². The minimum absolute atomic E-state index is 0.0716. The van der Waals surface area contributed by atoms with Gasteiger partial charge in [-0.1, -0.05) is 6.07 Å². The van der Waals surface area contributed by atoms with Crippen LogP contribution >= 0.6 is 0 Å². The van der Waals surface area contributed by atoms with E-state index >= 15 is 0 Å². The van der Waals surface area contributed by atoms with Crippen LogP contribution in [0.15, 0.2) is 18.2 Å². The van der Waals surface area contributed by atoms with Crippen molar-refractivity contribution in [2.24, 2.45) is 0 Å². The number of sulfone groups is 1.